The molecule has 60 valence electrons. The lowest BCUT2D eigenvalue weighted by Gasteiger charge is -2.06. The predicted molar refractivity (Wildman–Crippen MR) is 51.3 cm³/mol. The van der Waals surface area contributed by atoms with E-state index in [1.807, 2.05) is 6.20 Å². The quantitative estimate of drug-likeness (QED) is 0.730. The first-order valence-electron chi connectivity index (χ1n) is 3.79. The topological polar surface area (TPSA) is 12.9 Å². The Morgan fingerprint density at radius 3 is 2.91 bits per heavy atom. The second-order valence-corrected chi connectivity index (χ2v) is 4.78. The van der Waals surface area contributed by atoms with Crippen LogP contribution in [0.1, 0.15) is 17.8 Å². The Hall–Kier alpha value is 0.110. The molecule has 1 fully saturated rings. The minimum absolute atomic E-state index is 0.581. The standard InChI is InChI=1S/C8H10BrNS/c9-6-8(1-2-8)5-7-10-3-4-11-7/h3-4H,1-2,5-6H2. The van der Waals surface area contributed by atoms with Crippen molar-refractivity contribution in [3.8, 4) is 0 Å². The van der Waals surface area contributed by atoms with Crippen molar-refractivity contribution in [2.45, 2.75) is 19.3 Å². The minimum Gasteiger partial charge on any atom is -0.250 e. The zero-order valence-electron chi connectivity index (χ0n) is 6.22. The van der Waals surface area contributed by atoms with E-state index in [9.17, 15) is 0 Å². The highest BCUT2D eigenvalue weighted by Crippen LogP contribution is 2.49. The van der Waals surface area contributed by atoms with Crippen LogP contribution in [0.15, 0.2) is 11.6 Å². The van der Waals surface area contributed by atoms with Crippen LogP contribution in [0.25, 0.3) is 0 Å². The molecule has 0 unspecified atom stereocenters. The summed E-state index contributed by atoms with van der Waals surface area (Å²) in [5.41, 5.74) is 0.581. The molecule has 0 amide bonds. The highest BCUT2D eigenvalue weighted by molar-refractivity contribution is 9.09. The molecule has 3 heteroatoms. The molecule has 1 aliphatic rings. The van der Waals surface area contributed by atoms with Crippen LogP contribution in [0.3, 0.4) is 0 Å². The highest BCUT2D eigenvalue weighted by Gasteiger charge is 2.41. The molecule has 0 N–H and O–H groups in total. The van der Waals surface area contributed by atoms with E-state index in [-0.39, 0.29) is 0 Å². The summed E-state index contributed by atoms with van der Waals surface area (Å²) in [7, 11) is 0. The molecular weight excluding hydrogens is 222 g/mol. The van der Waals surface area contributed by atoms with E-state index in [1.165, 1.54) is 24.3 Å². The highest BCUT2D eigenvalue weighted by atomic mass is 79.9. The molecule has 0 saturated heterocycles. The lowest BCUT2D eigenvalue weighted by Crippen LogP contribution is -2.05. The lowest BCUT2D eigenvalue weighted by atomic mass is 10.1. The van der Waals surface area contributed by atoms with Crippen LogP contribution in [-0.2, 0) is 6.42 Å². The van der Waals surface area contributed by atoms with Gasteiger partial charge in [0.25, 0.3) is 0 Å². The number of nitrogens with zero attached hydrogens (tertiary/aromatic N) is 1. The molecule has 0 atom stereocenters. The summed E-state index contributed by atoms with van der Waals surface area (Å²) in [5, 5.41) is 4.49. The van der Waals surface area contributed by atoms with E-state index < -0.39 is 0 Å². The first-order valence-corrected chi connectivity index (χ1v) is 5.79. The maximum atomic E-state index is 4.29. The summed E-state index contributed by atoms with van der Waals surface area (Å²) in [4.78, 5) is 4.29. The van der Waals surface area contributed by atoms with Crippen LogP contribution < -0.4 is 0 Å². The fraction of sp³-hybridized carbons (Fsp3) is 0.625. The van der Waals surface area contributed by atoms with Gasteiger partial charge in [-0.25, -0.2) is 4.98 Å². The SMILES string of the molecule is BrCC1(Cc2nccs2)CC1. The first-order chi connectivity index (χ1) is 5.35. The summed E-state index contributed by atoms with van der Waals surface area (Å²) in [6.45, 7) is 0. The third-order valence-corrected chi connectivity index (χ3v) is 4.22. The first kappa shape index (κ1) is 7.74. The largest absolute Gasteiger partial charge is 0.250 e. The summed E-state index contributed by atoms with van der Waals surface area (Å²) >= 11 is 5.33. The second kappa shape index (κ2) is 2.87. The molecule has 0 aromatic carbocycles. The maximum absolute atomic E-state index is 4.29. The van der Waals surface area contributed by atoms with Crippen molar-refractivity contribution in [3.05, 3.63) is 16.6 Å². The average molecular weight is 232 g/mol. The molecule has 2 rings (SSSR count). The molecule has 1 saturated carbocycles. The van der Waals surface area contributed by atoms with Crippen molar-refractivity contribution in [2.75, 3.05) is 5.33 Å². The van der Waals surface area contributed by atoms with Gasteiger partial charge in [0.2, 0.25) is 0 Å². The number of aromatic nitrogens is 1. The third kappa shape index (κ3) is 1.64. The van der Waals surface area contributed by atoms with Crippen LogP contribution in [0.4, 0.5) is 0 Å². The van der Waals surface area contributed by atoms with Crippen molar-refractivity contribution >= 4 is 27.3 Å². The van der Waals surface area contributed by atoms with Crippen LogP contribution in [-0.4, -0.2) is 10.3 Å². The Kier molecular flexibility index (Phi) is 2.02. The van der Waals surface area contributed by atoms with Crippen molar-refractivity contribution in [2.24, 2.45) is 5.41 Å². The molecule has 0 spiro atoms. The maximum Gasteiger partial charge on any atom is 0.0930 e. The smallest absolute Gasteiger partial charge is 0.0930 e. The van der Waals surface area contributed by atoms with E-state index in [1.54, 1.807) is 11.3 Å². The number of alkyl halides is 1. The van der Waals surface area contributed by atoms with Gasteiger partial charge >= 0.3 is 0 Å². The van der Waals surface area contributed by atoms with Gasteiger partial charge in [-0.2, -0.15) is 0 Å². The minimum atomic E-state index is 0.581. The number of rotatable bonds is 3. The van der Waals surface area contributed by atoms with Gasteiger partial charge in [-0.1, -0.05) is 15.9 Å². The van der Waals surface area contributed by atoms with E-state index in [0.29, 0.717) is 5.41 Å². The van der Waals surface area contributed by atoms with E-state index in [4.69, 9.17) is 0 Å². The van der Waals surface area contributed by atoms with E-state index in [0.717, 1.165) is 5.33 Å². The van der Waals surface area contributed by atoms with Gasteiger partial charge in [0.1, 0.15) is 0 Å². The van der Waals surface area contributed by atoms with Gasteiger partial charge in [0.15, 0.2) is 0 Å². The van der Waals surface area contributed by atoms with Gasteiger partial charge < -0.3 is 0 Å². The Balaban J connectivity index is 2.01. The fourth-order valence-electron chi connectivity index (χ4n) is 1.20. The molecule has 1 aromatic rings. The van der Waals surface area contributed by atoms with Crippen molar-refractivity contribution < 1.29 is 0 Å². The summed E-state index contributed by atoms with van der Waals surface area (Å²) in [5.74, 6) is 0. The van der Waals surface area contributed by atoms with Gasteiger partial charge in [-0.05, 0) is 18.3 Å². The zero-order chi connectivity index (χ0) is 7.73. The normalized spacial score (nSPS) is 20.1. The average Bonchev–Trinajstić information content (AvgIpc) is 2.59. The molecule has 0 aliphatic heterocycles. The molecule has 0 radical (unpaired) electrons. The molecule has 0 bridgehead atoms. The van der Waals surface area contributed by atoms with Crippen LogP contribution in [0.2, 0.25) is 0 Å². The van der Waals surface area contributed by atoms with Gasteiger partial charge in [0, 0.05) is 23.3 Å². The Morgan fingerprint density at radius 1 is 1.64 bits per heavy atom. The molecule has 1 heterocycles. The van der Waals surface area contributed by atoms with Crippen molar-refractivity contribution in [3.63, 3.8) is 0 Å². The van der Waals surface area contributed by atoms with Gasteiger partial charge in [0.05, 0.1) is 5.01 Å². The summed E-state index contributed by atoms with van der Waals surface area (Å²) < 4.78 is 0. The number of halogens is 1. The molecule has 1 nitrogen and oxygen atoms in total. The number of hydrogen-bond donors (Lipinski definition) is 0. The van der Waals surface area contributed by atoms with Crippen LogP contribution >= 0.6 is 27.3 Å². The molecular formula is C8H10BrNS. The van der Waals surface area contributed by atoms with Crippen LogP contribution in [0.5, 0.6) is 0 Å². The Labute approximate surface area is 79.0 Å². The fourth-order valence-corrected chi connectivity index (χ4v) is 2.74. The zero-order valence-corrected chi connectivity index (χ0v) is 8.62. The van der Waals surface area contributed by atoms with Crippen molar-refractivity contribution in [1.82, 2.24) is 4.98 Å². The van der Waals surface area contributed by atoms with Gasteiger partial charge in [-0.15, -0.1) is 11.3 Å². The van der Waals surface area contributed by atoms with E-state index >= 15 is 0 Å². The molecule has 1 aliphatic carbocycles. The van der Waals surface area contributed by atoms with Gasteiger partial charge in [-0.3, -0.25) is 0 Å². The summed E-state index contributed by atoms with van der Waals surface area (Å²) in [6, 6.07) is 0. The predicted octanol–water partition coefficient (Wildman–Crippen LogP) is 2.86. The third-order valence-electron chi connectivity index (χ3n) is 2.25. The monoisotopic (exact) mass is 231 g/mol. The number of thiazole rings is 1. The van der Waals surface area contributed by atoms with Crippen molar-refractivity contribution in [1.29, 1.82) is 0 Å². The summed E-state index contributed by atoms with van der Waals surface area (Å²) in [6.07, 6.45) is 5.82. The molecule has 11 heavy (non-hydrogen) atoms. The van der Waals surface area contributed by atoms with Crippen LogP contribution in [0, 0.1) is 5.41 Å². The Morgan fingerprint density at radius 2 is 2.45 bits per heavy atom. The second-order valence-electron chi connectivity index (χ2n) is 3.24. The molecule has 1 aromatic heterocycles. The number of hydrogen-bond acceptors (Lipinski definition) is 2. The van der Waals surface area contributed by atoms with E-state index in [2.05, 4.69) is 26.3 Å². The lowest BCUT2D eigenvalue weighted by molar-refractivity contribution is 0.584. The Bertz CT molecular complexity index is 228.